The Morgan fingerprint density at radius 1 is 0.686 bits per heavy atom. The van der Waals surface area contributed by atoms with Gasteiger partial charge in [0.1, 0.15) is 0 Å². The summed E-state index contributed by atoms with van der Waals surface area (Å²) in [7, 11) is 0. The number of β-lactam (4-membered cyclic amide) rings is 1. The second kappa shape index (κ2) is 9.71. The van der Waals surface area contributed by atoms with Crippen LogP contribution in [0, 0.1) is 5.92 Å². The highest BCUT2D eigenvalue weighted by Gasteiger charge is 2.56. The third-order valence-electron chi connectivity index (χ3n) is 7.21. The molecule has 2 unspecified atom stereocenters. The Labute approximate surface area is 207 Å². The van der Waals surface area contributed by atoms with E-state index in [0.717, 1.165) is 22.3 Å². The predicted octanol–water partition coefficient (Wildman–Crippen LogP) is 6.87. The van der Waals surface area contributed by atoms with E-state index in [4.69, 9.17) is 4.99 Å². The second-order valence-electron chi connectivity index (χ2n) is 9.38. The lowest BCUT2D eigenvalue weighted by Gasteiger charge is -2.56. The Morgan fingerprint density at radius 2 is 1.06 bits per heavy atom. The van der Waals surface area contributed by atoms with E-state index in [-0.39, 0.29) is 23.9 Å². The van der Waals surface area contributed by atoms with E-state index in [1.54, 1.807) is 0 Å². The smallest absolute Gasteiger partial charge is 0.229 e. The van der Waals surface area contributed by atoms with Crippen molar-refractivity contribution in [3.8, 4) is 0 Å². The van der Waals surface area contributed by atoms with Gasteiger partial charge in [0.05, 0.1) is 23.5 Å². The molecule has 1 aliphatic rings. The number of carbonyl (C=O) groups excluding carboxylic acids is 1. The Balaban J connectivity index is 1.56. The molecule has 3 nitrogen and oxygen atoms in total. The van der Waals surface area contributed by atoms with Gasteiger partial charge in [0, 0.05) is 6.21 Å². The van der Waals surface area contributed by atoms with Crippen molar-refractivity contribution < 1.29 is 4.79 Å². The van der Waals surface area contributed by atoms with Crippen molar-refractivity contribution in [3.63, 3.8) is 0 Å². The number of carbonyl (C=O) groups is 1. The lowest BCUT2D eigenvalue weighted by atomic mass is 9.73. The minimum atomic E-state index is -0.519. The number of amides is 1. The van der Waals surface area contributed by atoms with Crippen LogP contribution in [0.3, 0.4) is 0 Å². The highest BCUT2D eigenvalue weighted by atomic mass is 16.2. The number of hydrogen-bond acceptors (Lipinski definition) is 2. The van der Waals surface area contributed by atoms with Crippen LogP contribution in [-0.2, 0) is 4.79 Å². The minimum Gasteiger partial charge on any atom is -0.320 e. The van der Waals surface area contributed by atoms with Gasteiger partial charge in [0.25, 0.3) is 0 Å². The van der Waals surface area contributed by atoms with Gasteiger partial charge in [0.2, 0.25) is 5.91 Å². The largest absolute Gasteiger partial charge is 0.320 e. The van der Waals surface area contributed by atoms with E-state index < -0.39 is 5.54 Å². The highest BCUT2D eigenvalue weighted by molar-refractivity contribution is 5.97. The first-order chi connectivity index (χ1) is 17.1. The van der Waals surface area contributed by atoms with Crippen LogP contribution in [0.2, 0.25) is 0 Å². The van der Waals surface area contributed by atoms with Crippen LogP contribution < -0.4 is 0 Å². The Kier molecular flexibility index (Phi) is 6.33. The molecule has 0 bridgehead atoms. The predicted molar refractivity (Wildman–Crippen MR) is 142 cm³/mol. The van der Waals surface area contributed by atoms with E-state index in [2.05, 4.69) is 55.5 Å². The molecule has 5 rings (SSSR count). The quantitative estimate of drug-likeness (QED) is 0.220. The van der Waals surface area contributed by atoms with Crippen LogP contribution in [0.15, 0.2) is 126 Å². The van der Waals surface area contributed by atoms with Crippen LogP contribution in [0.4, 0.5) is 0 Å². The van der Waals surface area contributed by atoms with Gasteiger partial charge in [-0.05, 0) is 29.2 Å². The number of hydrogen-bond donors (Lipinski definition) is 0. The lowest BCUT2D eigenvalue weighted by Crippen LogP contribution is -2.70. The summed E-state index contributed by atoms with van der Waals surface area (Å²) in [5, 5.41) is 0. The Bertz CT molecular complexity index is 1210. The molecule has 1 aliphatic heterocycles. The van der Waals surface area contributed by atoms with Gasteiger partial charge in [-0.15, -0.1) is 0 Å². The normalized spacial score (nSPS) is 19.9. The van der Waals surface area contributed by atoms with E-state index in [0.29, 0.717) is 0 Å². The molecular weight excluding hydrogens is 428 g/mol. The van der Waals surface area contributed by atoms with Gasteiger partial charge in [-0.25, -0.2) is 0 Å². The van der Waals surface area contributed by atoms with Crippen molar-refractivity contribution in [1.82, 2.24) is 4.90 Å². The number of aliphatic imine (C=N–C) groups is 1. The standard InChI is InChI=1S/C32H30N2O/c1-24-31(35)34(30(27-19-11-5-12-20-27)28-21-13-6-14-22-28)32(24,2)23-33-29(25-15-7-3-8-16-25)26-17-9-4-10-18-26/h3-24,29-30H,1-2H3. The molecule has 2 atom stereocenters. The van der Waals surface area contributed by atoms with Crippen molar-refractivity contribution in [2.45, 2.75) is 31.5 Å². The average Bonchev–Trinajstić information content (AvgIpc) is 2.93. The molecule has 1 heterocycles. The first kappa shape index (κ1) is 22.8. The van der Waals surface area contributed by atoms with Gasteiger partial charge in [-0.3, -0.25) is 9.79 Å². The SMILES string of the molecule is CC1C(=O)N(C(c2ccccc2)c2ccccc2)C1(C)C=NC(c1ccccc1)c1ccccc1. The summed E-state index contributed by atoms with van der Waals surface area (Å²) >= 11 is 0. The summed E-state index contributed by atoms with van der Waals surface area (Å²) in [5.41, 5.74) is 3.94. The maximum absolute atomic E-state index is 13.4. The molecule has 0 radical (unpaired) electrons. The minimum absolute atomic E-state index is 0.133. The van der Waals surface area contributed by atoms with Crippen molar-refractivity contribution >= 4 is 12.1 Å². The van der Waals surface area contributed by atoms with Crippen LogP contribution in [-0.4, -0.2) is 22.6 Å². The van der Waals surface area contributed by atoms with E-state index in [1.165, 1.54) is 0 Å². The monoisotopic (exact) mass is 458 g/mol. The van der Waals surface area contributed by atoms with Gasteiger partial charge >= 0.3 is 0 Å². The molecule has 4 aromatic rings. The fourth-order valence-corrected chi connectivity index (χ4v) is 5.04. The van der Waals surface area contributed by atoms with Crippen LogP contribution >= 0.6 is 0 Å². The van der Waals surface area contributed by atoms with E-state index in [1.807, 2.05) is 90.8 Å². The van der Waals surface area contributed by atoms with Crippen molar-refractivity contribution in [1.29, 1.82) is 0 Å². The summed E-state index contributed by atoms with van der Waals surface area (Å²) < 4.78 is 0. The molecule has 0 aromatic heterocycles. The molecule has 1 saturated heterocycles. The number of rotatable bonds is 7. The molecule has 0 spiro atoms. The topological polar surface area (TPSA) is 32.7 Å². The van der Waals surface area contributed by atoms with Crippen LogP contribution in [0.1, 0.15) is 48.2 Å². The van der Waals surface area contributed by atoms with E-state index in [9.17, 15) is 4.79 Å². The first-order valence-corrected chi connectivity index (χ1v) is 12.2. The zero-order valence-corrected chi connectivity index (χ0v) is 20.2. The number of likely N-dealkylation sites (tertiary alicyclic amines) is 1. The molecule has 0 saturated carbocycles. The molecular formula is C32H30N2O. The first-order valence-electron chi connectivity index (χ1n) is 12.2. The highest BCUT2D eigenvalue weighted by Crippen LogP contribution is 2.46. The maximum atomic E-state index is 13.4. The molecule has 3 heteroatoms. The van der Waals surface area contributed by atoms with Crippen LogP contribution in [0.5, 0.6) is 0 Å². The third-order valence-corrected chi connectivity index (χ3v) is 7.21. The van der Waals surface area contributed by atoms with Crippen molar-refractivity contribution in [2.24, 2.45) is 10.9 Å². The second-order valence-corrected chi connectivity index (χ2v) is 9.38. The maximum Gasteiger partial charge on any atom is 0.229 e. The fourth-order valence-electron chi connectivity index (χ4n) is 5.04. The van der Waals surface area contributed by atoms with Gasteiger partial charge in [-0.2, -0.15) is 0 Å². The molecule has 1 amide bonds. The molecule has 0 N–H and O–H groups in total. The van der Waals surface area contributed by atoms with Gasteiger partial charge < -0.3 is 4.90 Å². The van der Waals surface area contributed by atoms with E-state index >= 15 is 0 Å². The molecule has 35 heavy (non-hydrogen) atoms. The summed E-state index contributed by atoms with van der Waals surface area (Å²) in [6, 6.07) is 40.9. The summed E-state index contributed by atoms with van der Waals surface area (Å²) in [6.45, 7) is 4.15. The molecule has 174 valence electrons. The van der Waals surface area contributed by atoms with Crippen molar-refractivity contribution in [2.75, 3.05) is 0 Å². The molecule has 0 aliphatic carbocycles. The Morgan fingerprint density at radius 3 is 1.46 bits per heavy atom. The zero-order chi connectivity index (χ0) is 24.3. The zero-order valence-electron chi connectivity index (χ0n) is 20.2. The number of nitrogens with zero attached hydrogens (tertiary/aromatic N) is 2. The lowest BCUT2D eigenvalue weighted by molar-refractivity contribution is -0.162. The molecule has 1 fully saturated rings. The summed E-state index contributed by atoms with van der Waals surface area (Å²) in [5.74, 6) is -0.0130. The average molecular weight is 459 g/mol. The summed E-state index contributed by atoms with van der Waals surface area (Å²) in [6.07, 6.45) is 2.02. The van der Waals surface area contributed by atoms with Gasteiger partial charge in [-0.1, -0.05) is 128 Å². The Hall–Kier alpha value is -3.98. The summed E-state index contributed by atoms with van der Waals surface area (Å²) in [4.78, 5) is 20.6. The molecule has 4 aromatic carbocycles. The van der Waals surface area contributed by atoms with Crippen molar-refractivity contribution in [3.05, 3.63) is 144 Å². The van der Waals surface area contributed by atoms with Crippen LogP contribution in [0.25, 0.3) is 0 Å². The number of benzene rings is 4. The third kappa shape index (κ3) is 4.30. The van der Waals surface area contributed by atoms with Gasteiger partial charge in [0.15, 0.2) is 0 Å². The fraction of sp³-hybridized carbons (Fsp3) is 0.188.